The highest BCUT2D eigenvalue weighted by Crippen LogP contribution is 2.23. The lowest BCUT2D eigenvalue weighted by atomic mass is 10.2. The van der Waals surface area contributed by atoms with Gasteiger partial charge in [0.2, 0.25) is 0 Å². The van der Waals surface area contributed by atoms with Crippen LogP contribution in [0.25, 0.3) is 17.2 Å². The Morgan fingerprint density at radius 3 is 2.54 bits per heavy atom. The van der Waals surface area contributed by atoms with Crippen molar-refractivity contribution in [1.29, 1.82) is 0 Å². The lowest BCUT2D eigenvalue weighted by Crippen LogP contribution is -2.37. The van der Waals surface area contributed by atoms with Crippen LogP contribution in [0, 0.1) is 0 Å². The fourth-order valence-electron chi connectivity index (χ4n) is 3.08. The van der Waals surface area contributed by atoms with Gasteiger partial charge in [-0.25, -0.2) is 9.78 Å². The minimum Gasteiger partial charge on any atom is -0.309 e. The van der Waals surface area contributed by atoms with E-state index in [-0.39, 0.29) is 11.2 Å². The van der Waals surface area contributed by atoms with E-state index in [1.807, 2.05) is 47.1 Å². The lowest BCUT2D eigenvalue weighted by molar-refractivity contribution is 0.700. The van der Waals surface area contributed by atoms with Gasteiger partial charge in [0.1, 0.15) is 0 Å². The number of aromatic nitrogens is 4. The smallest absolute Gasteiger partial charge is 0.309 e. The fraction of sp³-hybridized carbons (Fsp3) is 0.381. The average molecular weight is 399 g/mol. The van der Waals surface area contributed by atoms with Crippen molar-refractivity contribution in [2.75, 3.05) is 5.75 Å². The van der Waals surface area contributed by atoms with Gasteiger partial charge in [0.15, 0.2) is 16.3 Å². The summed E-state index contributed by atoms with van der Waals surface area (Å²) in [5.41, 5.74) is 1.35. The van der Waals surface area contributed by atoms with Crippen molar-refractivity contribution >= 4 is 29.0 Å². The summed E-state index contributed by atoms with van der Waals surface area (Å²) in [4.78, 5) is 29.7. The Balaban J connectivity index is 2.02. The molecule has 0 unspecified atom stereocenters. The molecule has 3 aromatic rings. The number of hydrogen-bond donors (Lipinski definition) is 0. The van der Waals surface area contributed by atoms with Crippen LogP contribution >= 0.6 is 11.8 Å². The fourth-order valence-corrected chi connectivity index (χ4v) is 4.08. The largest absolute Gasteiger partial charge is 0.332 e. The summed E-state index contributed by atoms with van der Waals surface area (Å²) in [5, 5.41) is 0.780. The molecule has 2 heterocycles. The second-order valence-corrected chi connectivity index (χ2v) is 7.81. The van der Waals surface area contributed by atoms with Gasteiger partial charge in [-0.05, 0) is 12.0 Å². The van der Waals surface area contributed by atoms with E-state index in [4.69, 9.17) is 0 Å². The molecule has 3 rings (SSSR count). The summed E-state index contributed by atoms with van der Waals surface area (Å²) in [7, 11) is 3.17. The maximum absolute atomic E-state index is 12.8. The predicted molar refractivity (Wildman–Crippen MR) is 116 cm³/mol. The molecule has 2 aromatic heterocycles. The number of benzene rings is 1. The van der Waals surface area contributed by atoms with Crippen LogP contribution in [0.15, 0.2) is 51.2 Å². The van der Waals surface area contributed by atoms with Crippen LogP contribution in [0.1, 0.15) is 31.7 Å². The summed E-state index contributed by atoms with van der Waals surface area (Å²) in [6, 6.07) is 10.0. The van der Waals surface area contributed by atoms with Gasteiger partial charge in [0, 0.05) is 26.4 Å². The zero-order valence-electron chi connectivity index (χ0n) is 16.6. The third kappa shape index (κ3) is 4.14. The Morgan fingerprint density at radius 1 is 1.07 bits per heavy atom. The second-order valence-electron chi connectivity index (χ2n) is 6.75. The van der Waals surface area contributed by atoms with Crippen molar-refractivity contribution in [3.63, 3.8) is 0 Å². The van der Waals surface area contributed by atoms with Gasteiger partial charge >= 0.3 is 5.69 Å². The lowest BCUT2D eigenvalue weighted by Gasteiger charge is -2.07. The van der Waals surface area contributed by atoms with Gasteiger partial charge in [-0.3, -0.25) is 13.9 Å². The first-order chi connectivity index (χ1) is 13.5. The molecule has 0 saturated heterocycles. The van der Waals surface area contributed by atoms with Crippen LogP contribution in [0.4, 0.5) is 0 Å². The number of nitrogens with zero attached hydrogens (tertiary/aromatic N) is 4. The van der Waals surface area contributed by atoms with Crippen LogP contribution in [-0.4, -0.2) is 24.4 Å². The van der Waals surface area contributed by atoms with Gasteiger partial charge in [-0.2, -0.15) is 0 Å². The number of rotatable bonds is 8. The maximum atomic E-state index is 12.8. The number of hydrogen-bond acceptors (Lipinski definition) is 4. The molecule has 0 spiro atoms. The molecular weight excluding hydrogens is 372 g/mol. The number of allylic oxidation sites excluding steroid dienone is 1. The Morgan fingerprint density at radius 2 is 1.82 bits per heavy atom. The molecule has 0 saturated carbocycles. The second kappa shape index (κ2) is 9.10. The molecule has 0 amide bonds. The summed E-state index contributed by atoms with van der Waals surface area (Å²) < 4.78 is 4.52. The average Bonchev–Trinajstić information content (AvgIpc) is 3.07. The van der Waals surface area contributed by atoms with Crippen LogP contribution in [0.2, 0.25) is 0 Å². The molecule has 0 aliphatic rings. The molecule has 0 atom stereocenters. The van der Waals surface area contributed by atoms with E-state index < -0.39 is 0 Å². The molecule has 0 fully saturated rings. The van der Waals surface area contributed by atoms with Crippen molar-refractivity contribution in [3.8, 4) is 0 Å². The third-order valence-corrected chi connectivity index (χ3v) is 5.75. The molecule has 0 N–H and O–H groups in total. The van der Waals surface area contributed by atoms with E-state index >= 15 is 0 Å². The molecule has 0 aliphatic carbocycles. The number of fused-ring (bicyclic) bond motifs is 1. The van der Waals surface area contributed by atoms with Crippen LogP contribution in [-0.2, 0) is 20.6 Å². The topological polar surface area (TPSA) is 61.8 Å². The normalized spacial score (nSPS) is 11.7. The van der Waals surface area contributed by atoms with E-state index in [0.717, 1.165) is 33.9 Å². The number of aryl methyl sites for hydroxylation is 1. The molecule has 1 aromatic carbocycles. The Labute approximate surface area is 168 Å². The highest BCUT2D eigenvalue weighted by atomic mass is 32.2. The Kier molecular flexibility index (Phi) is 6.57. The van der Waals surface area contributed by atoms with Crippen molar-refractivity contribution in [1.82, 2.24) is 18.7 Å². The molecule has 7 heteroatoms. The molecule has 6 nitrogen and oxygen atoms in total. The summed E-state index contributed by atoms with van der Waals surface area (Å²) in [5.74, 6) is 0.938. The van der Waals surface area contributed by atoms with Crippen molar-refractivity contribution in [2.24, 2.45) is 14.1 Å². The van der Waals surface area contributed by atoms with Gasteiger partial charge in [0.05, 0.1) is 0 Å². The molecule has 0 radical (unpaired) electrons. The van der Waals surface area contributed by atoms with Gasteiger partial charge in [0.25, 0.3) is 5.56 Å². The van der Waals surface area contributed by atoms with E-state index in [1.165, 1.54) is 18.0 Å². The number of thioether (sulfide) groups is 1. The molecule has 28 heavy (non-hydrogen) atoms. The standard InChI is InChI=1S/C21H26N4O2S/c1-4-5-9-15-28-20-22-18-17(19(26)24(3)21(27)23(18)2)25(20)14-10-13-16-11-7-6-8-12-16/h6-8,10-13H,4-5,9,14-15H2,1-3H3/b13-10+. The van der Waals surface area contributed by atoms with E-state index in [1.54, 1.807) is 18.8 Å². The summed E-state index contributed by atoms with van der Waals surface area (Å²) in [6.45, 7) is 2.70. The van der Waals surface area contributed by atoms with Gasteiger partial charge in [-0.1, -0.05) is 74.0 Å². The summed E-state index contributed by atoms with van der Waals surface area (Å²) in [6.07, 6.45) is 7.48. The minimum atomic E-state index is -0.357. The quantitative estimate of drug-likeness (QED) is 0.431. The summed E-state index contributed by atoms with van der Waals surface area (Å²) >= 11 is 1.64. The molecular formula is C21H26N4O2S. The van der Waals surface area contributed by atoms with Crippen molar-refractivity contribution < 1.29 is 0 Å². The molecule has 148 valence electrons. The number of unbranched alkanes of at least 4 members (excludes halogenated alkanes) is 2. The first-order valence-electron chi connectivity index (χ1n) is 9.55. The minimum absolute atomic E-state index is 0.306. The highest BCUT2D eigenvalue weighted by Gasteiger charge is 2.18. The first-order valence-corrected chi connectivity index (χ1v) is 10.5. The van der Waals surface area contributed by atoms with E-state index in [0.29, 0.717) is 17.7 Å². The van der Waals surface area contributed by atoms with Crippen LogP contribution < -0.4 is 11.2 Å². The van der Waals surface area contributed by atoms with E-state index in [2.05, 4.69) is 11.9 Å². The molecule has 0 aliphatic heterocycles. The predicted octanol–water partition coefficient (Wildman–Crippen LogP) is 3.43. The van der Waals surface area contributed by atoms with Crippen molar-refractivity contribution in [2.45, 2.75) is 37.9 Å². The van der Waals surface area contributed by atoms with Crippen LogP contribution in [0.5, 0.6) is 0 Å². The highest BCUT2D eigenvalue weighted by molar-refractivity contribution is 7.99. The van der Waals surface area contributed by atoms with E-state index in [9.17, 15) is 9.59 Å². The van der Waals surface area contributed by atoms with Crippen LogP contribution in [0.3, 0.4) is 0 Å². The number of imidazole rings is 1. The third-order valence-electron chi connectivity index (χ3n) is 4.69. The van der Waals surface area contributed by atoms with Gasteiger partial charge < -0.3 is 4.57 Å². The Hall–Kier alpha value is -2.54. The van der Waals surface area contributed by atoms with Crippen molar-refractivity contribution in [3.05, 3.63) is 62.8 Å². The maximum Gasteiger partial charge on any atom is 0.332 e. The zero-order valence-corrected chi connectivity index (χ0v) is 17.4. The SMILES string of the molecule is CCCCCSc1nc2c(c(=O)n(C)c(=O)n2C)n1C/C=C/c1ccccc1. The zero-order chi connectivity index (χ0) is 20.1. The van der Waals surface area contributed by atoms with Gasteiger partial charge in [-0.15, -0.1) is 0 Å². The monoisotopic (exact) mass is 398 g/mol. The molecule has 0 bridgehead atoms. The Bertz CT molecular complexity index is 1090. The first kappa shape index (κ1) is 20.2.